The van der Waals surface area contributed by atoms with Gasteiger partial charge in [-0.15, -0.1) is 11.3 Å². The van der Waals surface area contributed by atoms with E-state index in [1.165, 1.54) is 6.07 Å². The van der Waals surface area contributed by atoms with Gasteiger partial charge >= 0.3 is 5.63 Å². The van der Waals surface area contributed by atoms with Crippen LogP contribution in [0.15, 0.2) is 51.1 Å². The van der Waals surface area contributed by atoms with Crippen molar-refractivity contribution in [1.29, 1.82) is 0 Å². The summed E-state index contributed by atoms with van der Waals surface area (Å²) in [6.07, 6.45) is 2.71. The number of aromatic nitrogens is 1. The fourth-order valence-corrected chi connectivity index (χ4v) is 3.82. The number of carbonyl (C=O) groups is 1. The molecular formula is C18H16N2O4S. The lowest BCUT2D eigenvalue weighted by molar-refractivity contribution is -0.132. The molecule has 0 unspecified atom stereocenters. The van der Waals surface area contributed by atoms with Gasteiger partial charge in [0.2, 0.25) is 0 Å². The average molecular weight is 356 g/mol. The standard InChI is InChI=1S/C18H16N2O4S/c21-16(20-7-5-12(10-20)18-19-6-8-25-18)11-23-15-9-17(22)24-14-4-2-1-3-13(14)15/h1-4,6,8-9,12H,5,7,10-11H2/t12-/m0/s1. The highest BCUT2D eigenvalue weighted by Crippen LogP contribution is 2.29. The second kappa shape index (κ2) is 6.68. The van der Waals surface area contributed by atoms with Crippen molar-refractivity contribution in [3.05, 3.63) is 57.3 Å². The predicted molar refractivity (Wildman–Crippen MR) is 94.0 cm³/mol. The number of hydrogen-bond acceptors (Lipinski definition) is 6. The van der Waals surface area contributed by atoms with Gasteiger partial charge in [0.25, 0.3) is 5.91 Å². The van der Waals surface area contributed by atoms with Crippen molar-refractivity contribution in [3.8, 4) is 5.75 Å². The summed E-state index contributed by atoms with van der Waals surface area (Å²) in [5.41, 5.74) is -0.0476. The average Bonchev–Trinajstić information content (AvgIpc) is 3.30. The summed E-state index contributed by atoms with van der Waals surface area (Å²) in [4.78, 5) is 30.2. The van der Waals surface area contributed by atoms with Gasteiger partial charge in [-0.3, -0.25) is 4.79 Å². The number of para-hydroxylation sites is 1. The number of thiazole rings is 1. The first kappa shape index (κ1) is 15.8. The van der Waals surface area contributed by atoms with E-state index in [1.54, 1.807) is 40.6 Å². The van der Waals surface area contributed by atoms with Crippen molar-refractivity contribution in [1.82, 2.24) is 9.88 Å². The zero-order chi connectivity index (χ0) is 17.2. The number of rotatable bonds is 4. The van der Waals surface area contributed by atoms with E-state index in [1.807, 2.05) is 11.4 Å². The van der Waals surface area contributed by atoms with Gasteiger partial charge in [0.05, 0.1) is 16.5 Å². The second-order valence-corrected chi connectivity index (χ2v) is 6.84. The van der Waals surface area contributed by atoms with Crippen LogP contribution in [-0.4, -0.2) is 35.5 Å². The number of fused-ring (bicyclic) bond motifs is 1. The molecular weight excluding hydrogens is 340 g/mol. The molecule has 1 aromatic carbocycles. The van der Waals surface area contributed by atoms with E-state index in [9.17, 15) is 9.59 Å². The van der Waals surface area contributed by atoms with Gasteiger partial charge in [0.15, 0.2) is 6.61 Å². The first-order valence-corrected chi connectivity index (χ1v) is 8.91. The molecule has 0 bridgehead atoms. The Labute approximate surface area is 147 Å². The van der Waals surface area contributed by atoms with E-state index in [0.29, 0.717) is 35.7 Å². The number of ether oxygens (including phenoxy) is 1. The van der Waals surface area contributed by atoms with Crippen molar-refractivity contribution in [3.63, 3.8) is 0 Å². The Morgan fingerprint density at radius 3 is 3.12 bits per heavy atom. The minimum absolute atomic E-state index is 0.0867. The highest BCUT2D eigenvalue weighted by Gasteiger charge is 2.29. The van der Waals surface area contributed by atoms with Crippen LogP contribution in [0.25, 0.3) is 11.0 Å². The van der Waals surface area contributed by atoms with Crippen LogP contribution in [0.3, 0.4) is 0 Å². The van der Waals surface area contributed by atoms with Crippen LogP contribution in [-0.2, 0) is 4.79 Å². The molecule has 2 aromatic heterocycles. The first-order chi connectivity index (χ1) is 12.2. The van der Waals surface area contributed by atoms with Gasteiger partial charge in [-0.25, -0.2) is 9.78 Å². The molecule has 0 N–H and O–H groups in total. The van der Waals surface area contributed by atoms with E-state index in [-0.39, 0.29) is 12.5 Å². The fourth-order valence-electron chi connectivity index (χ4n) is 3.06. The van der Waals surface area contributed by atoms with Crippen molar-refractivity contribution in [2.75, 3.05) is 19.7 Å². The Hall–Kier alpha value is -2.67. The SMILES string of the molecule is O=C(COc1cc(=O)oc2ccccc12)N1CC[C@H](c2nccs2)C1. The van der Waals surface area contributed by atoms with Crippen molar-refractivity contribution in [2.45, 2.75) is 12.3 Å². The largest absolute Gasteiger partial charge is 0.483 e. The lowest BCUT2D eigenvalue weighted by Crippen LogP contribution is -2.33. The number of hydrogen-bond donors (Lipinski definition) is 0. The molecule has 3 aromatic rings. The molecule has 1 aliphatic rings. The molecule has 0 aliphatic carbocycles. The number of amides is 1. The molecule has 25 heavy (non-hydrogen) atoms. The quantitative estimate of drug-likeness (QED) is 0.672. The molecule has 6 nitrogen and oxygen atoms in total. The molecule has 128 valence electrons. The van der Waals surface area contributed by atoms with Crippen LogP contribution < -0.4 is 10.4 Å². The van der Waals surface area contributed by atoms with Crippen LogP contribution in [0.4, 0.5) is 0 Å². The van der Waals surface area contributed by atoms with Gasteiger partial charge in [0.1, 0.15) is 11.3 Å². The summed E-state index contributed by atoms with van der Waals surface area (Å²) in [7, 11) is 0. The molecule has 7 heteroatoms. The highest BCUT2D eigenvalue weighted by atomic mass is 32.1. The smallest absolute Gasteiger partial charge is 0.339 e. The number of benzene rings is 1. The highest BCUT2D eigenvalue weighted by molar-refractivity contribution is 7.09. The summed E-state index contributed by atoms with van der Waals surface area (Å²) in [6, 6.07) is 8.38. The van der Waals surface area contributed by atoms with Crippen molar-refractivity contribution in [2.24, 2.45) is 0 Å². The van der Waals surface area contributed by atoms with E-state index >= 15 is 0 Å². The summed E-state index contributed by atoms with van der Waals surface area (Å²) in [5, 5.41) is 3.70. The van der Waals surface area contributed by atoms with Crippen LogP contribution in [0, 0.1) is 0 Å². The van der Waals surface area contributed by atoms with E-state index in [4.69, 9.17) is 9.15 Å². The minimum atomic E-state index is -0.494. The zero-order valence-electron chi connectivity index (χ0n) is 13.4. The van der Waals surface area contributed by atoms with E-state index in [2.05, 4.69) is 4.98 Å². The summed E-state index contributed by atoms with van der Waals surface area (Å²) < 4.78 is 10.8. The molecule has 1 amide bonds. The Kier molecular flexibility index (Phi) is 4.23. The third kappa shape index (κ3) is 3.28. The Bertz CT molecular complexity index is 951. The summed E-state index contributed by atoms with van der Waals surface area (Å²) >= 11 is 1.62. The number of likely N-dealkylation sites (tertiary alicyclic amines) is 1. The fraction of sp³-hybridized carbons (Fsp3) is 0.278. The molecule has 1 atom stereocenters. The summed E-state index contributed by atoms with van der Waals surface area (Å²) in [5.74, 6) is 0.584. The van der Waals surface area contributed by atoms with Crippen LogP contribution in [0.1, 0.15) is 17.3 Å². The zero-order valence-corrected chi connectivity index (χ0v) is 14.2. The minimum Gasteiger partial charge on any atom is -0.483 e. The molecule has 0 radical (unpaired) electrons. The lowest BCUT2D eigenvalue weighted by atomic mass is 10.1. The second-order valence-electron chi connectivity index (χ2n) is 5.91. The molecule has 1 saturated heterocycles. The van der Waals surface area contributed by atoms with Gasteiger partial charge < -0.3 is 14.1 Å². The van der Waals surface area contributed by atoms with Crippen molar-refractivity contribution < 1.29 is 13.9 Å². The maximum absolute atomic E-state index is 12.4. The predicted octanol–water partition coefficient (Wildman–Crippen LogP) is 2.64. The number of nitrogens with zero attached hydrogens (tertiary/aromatic N) is 2. The lowest BCUT2D eigenvalue weighted by Gasteiger charge is -2.16. The first-order valence-electron chi connectivity index (χ1n) is 8.03. The van der Waals surface area contributed by atoms with Crippen molar-refractivity contribution >= 4 is 28.2 Å². The Morgan fingerprint density at radius 2 is 2.28 bits per heavy atom. The van der Waals surface area contributed by atoms with E-state index in [0.717, 1.165) is 11.4 Å². The maximum Gasteiger partial charge on any atom is 0.339 e. The molecule has 3 heterocycles. The van der Waals surface area contributed by atoms with Gasteiger partial charge in [-0.1, -0.05) is 12.1 Å². The molecule has 4 rings (SSSR count). The van der Waals surface area contributed by atoms with Crippen LogP contribution in [0.2, 0.25) is 0 Å². The molecule has 0 spiro atoms. The van der Waals surface area contributed by atoms with Crippen LogP contribution in [0.5, 0.6) is 5.75 Å². The van der Waals surface area contributed by atoms with Gasteiger partial charge in [0, 0.05) is 30.6 Å². The number of carbonyl (C=O) groups excluding carboxylic acids is 1. The maximum atomic E-state index is 12.4. The third-order valence-corrected chi connectivity index (χ3v) is 5.24. The molecule has 1 fully saturated rings. The Morgan fingerprint density at radius 1 is 1.40 bits per heavy atom. The normalized spacial score (nSPS) is 17.1. The molecule has 0 saturated carbocycles. The van der Waals surface area contributed by atoms with Gasteiger partial charge in [-0.05, 0) is 18.6 Å². The van der Waals surface area contributed by atoms with Crippen LogP contribution >= 0.6 is 11.3 Å². The van der Waals surface area contributed by atoms with Gasteiger partial charge in [-0.2, -0.15) is 0 Å². The molecule has 1 aliphatic heterocycles. The Balaban J connectivity index is 1.44. The van der Waals surface area contributed by atoms with E-state index < -0.39 is 5.63 Å². The topological polar surface area (TPSA) is 72.6 Å². The monoisotopic (exact) mass is 356 g/mol. The summed E-state index contributed by atoms with van der Waals surface area (Å²) in [6.45, 7) is 1.26. The third-order valence-electron chi connectivity index (χ3n) is 4.30.